The molecule has 30 heavy (non-hydrogen) atoms. The summed E-state index contributed by atoms with van der Waals surface area (Å²) < 4.78 is 11.8. The van der Waals surface area contributed by atoms with Gasteiger partial charge in [0.2, 0.25) is 0 Å². The van der Waals surface area contributed by atoms with E-state index in [1.807, 2.05) is 66.7 Å². The first-order valence-corrected chi connectivity index (χ1v) is 9.88. The SMILES string of the molecule is COc1ccc(OCc2ccccc2)c2c1C(/C=C/c1ccc(C#N)cc1)=NCC2. The van der Waals surface area contributed by atoms with Crippen LogP contribution in [0.2, 0.25) is 0 Å². The van der Waals surface area contributed by atoms with Crippen molar-refractivity contribution in [2.24, 2.45) is 4.99 Å². The smallest absolute Gasteiger partial charge is 0.128 e. The minimum atomic E-state index is 0.521. The highest BCUT2D eigenvalue weighted by molar-refractivity contribution is 6.14. The lowest BCUT2D eigenvalue weighted by atomic mass is 9.94. The first-order chi connectivity index (χ1) is 14.8. The average molecular weight is 394 g/mol. The molecule has 0 atom stereocenters. The van der Waals surface area contributed by atoms with Crippen LogP contribution in [-0.4, -0.2) is 19.4 Å². The van der Waals surface area contributed by atoms with Crippen molar-refractivity contribution in [3.8, 4) is 17.6 Å². The topological polar surface area (TPSA) is 54.6 Å². The number of aliphatic imine (C=N–C) groups is 1. The molecule has 0 amide bonds. The molecule has 1 aliphatic heterocycles. The molecule has 0 spiro atoms. The molecular formula is C26H22N2O2. The van der Waals surface area contributed by atoms with Crippen LogP contribution in [0.5, 0.6) is 11.5 Å². The van der Waals surface area contributed by atoms with Gasteiger partial charge in [0, 0.05) is 17.7 Å². The zero-order valence-corrected chi connectivity index (χ0v) is 16.8. The van der Waals surface area contributed by atoms with E-state index in [0.29, 0.717) is 18.7 Å². The highest BCUT2D eigenvalue weighted by Gasteiger charge is 2.21. The molecule has 4 nitrogen and oxygen atoms in total. The number of allylic oxidation sites excluding steroid dienone is 1. The molecule has 0 radical (unpaired) electrons. The Balaban J connectivity index is 1.62. The minimum absolute atomic E-state index is 0.521. The van der Waals surface area contributed by atoms with E-state index in [4.69, 9.17) is 19.7 Å². The van der Waals surface area contributed by atoms with E-state index in [-0.39, 0.29) is 0 Å². The van der Waals surface area contributed by atoms with Gasteiger partial charge in [0.05, 0.1) is 24.5 Å². The second-order valence-corrected chi connectivity index (χ2v) is 6.98. The van der Waals surface area contributed by atoms with Crippen LogP contribution < -0.4 is 9.47 Å². The van der Waals surface area contributed by atoms with Crippen LogP contribution in [0.15, 0.2) is 77.8 Å². The summed E-state index contributed by atoms with van der Waals surface area (Å²) in [7, 11) is 1.68. The number of nitrogens with zero attached hydrogens (tertiary/aromatic N) is 2. The second-order valence-electron chi connectivity index (χ2n) is 6.98. The zero-order valence-electron chi connectivity index (χ0n) is 16.8. The van der Waals surface area contributed by atoms with Gasteiger partial charge in [0.1, 0.15) is 18.1 Å². The van der Waals surface area contributed by atoms with E-state index in [0.717, 1.165) is 45.9 Å². The molecular weight excluding hydrogens is 372 g/mol. The summed E-state index contributed by atoms with van der Waals surface area (Å²) in [6.45, 7) is 1.22. The number of hydrogen-bond acceptors (Lipinski definition) is 4. The molecule has 0 N–H and O–H groups in total. The summed E-state index contributed by atoms with van der Waals surface area (Å²) in [5, 5.41) is 8.96. The Labute approximate surface area is 176 Å². The number of ether oxygens (including phenoxy) is 2. The third-order valence-corrected chi connectivity index (χ3v) is 5.06. The van der Waals surface area contributed by atoms with Crippen LogP contribution in [0.25, 0.3) is 6.08 Å². The fourth-order valence-electron chi connectivity index (χ4n) is 3.52. The third kappa shape index (κ3) is 4.26. The zero-order chi connectivity index (χ0) is 20.8. The fourth-order valence-corrected chi connectivity index (χ4v) is 3.52. The molecule has 148 valence electrons. The van der Waals surface area contributed by atoms with Gasteiger partial charge in [-0.1, -0.05) is 48.5 Å². The maximum Gasteiger partial charge on any atom is 0.128 e. The Kier molecular flexibility index (Phi) is 5.91. The van der Waals surface area contributed by atoms with Crippen molar-refractivity contribution < 1.29 is 9.47 Å². The molecule has 0 bridgehead atoms. The lowest BCUT2D eigenvalue weighted by Gasteiger charge is -2.21. The van der Waals surface area contributed by atoms with Gasteiger partial charge >= 0.3 is 0 Å². The molecule has 3 aromatic carbocycles. The molecule has 0 fully saturated rings. The minimum Gasteiger partial charge on any atom is -0.496 e. The lowest BCUT2D eigenvalue weighted by Crippen LogP contribution is -2.14. The van der Waals surface area contributed by atoms with Crippen molar-refractivity contribution in [3.05, 3.63) is 101 Å². The fraction of sp³-hybridized carbons (Fsp3) is 0.154. The van der Waals surface area contributed by atoms with Crippen molar-refractivity contribution in [1.29, 1.82) is 5.26 Å². The van der Waals surface area contributed by atoms with Crippen molar-refractivity contribution >= 4 is 11.8 Å². The molecule has 4 heteroatoms. The molecule has 0 saturated heterocycles. The van der Waals surface area contributed by atoms with E-state index in [9.17, 15) is 0 Å². The number of nitriles is 1. The van der Waals surface area contributed by atoms with Gasteiger partial charge in [0.25, 0.3) is 0 Å². The summed E-state index contributed by atoms with van der Waals surface area (Å²) in [5.41, 5.74) is 5.78. The third-order valence-electron chi connectivity index (χ3n) is 5.06. The predicted molar refractivity (Wildman–Crippen MR) is 119 cm³/mol. The molecule has 3 aromatic rings. The van der Waals surface area contributed by atoms with Crippen molar-refractivity contribution in [2.75, 3.05) is 13.7 Å². The Bertz CT molecular complexity index is 1120. The number of benzene rings is 3. The van der Waals surface area contributed by atoms with Gasteiger partial charge in [0.15, 0.2) is 0 Å². The van der Waals surface area contributed by atoms with Crippen LogP contribution in [0.1, 0.15) is 27.8 Å². The summed E-state index contributed by atoms with van der Waals surface area (Å²) in [5.74, 6) is 1.66. The normalized spacial score (nSPS) is 12.7. The molecule has 0 saturated carbocycles. The van der Waals surface area contributed by atoms with E-state index in [2.05, 4.69) is 18.2 Å². The summed E-state index contributed by atoms with van der Waals surface area (Å²) in [6.07, 6.45) is 4.82. The molecule has 0 aliphatic carbocycles. The van der Waals surface area contributed by atoms with E-state index in [1.165, 1.54) is 0 Å². The Morgan fingerprint density at radius 1 is 0.967 bits per heavy atom. The van der Waals surface area contributed by atoms with Gasteiger partial charge in [-0.15, -0.1) is 0 Å². The molecule has 0 unspecified atom stereocenters. The van der Waals surface area contributed by atoms with E-state index in [1.54, 1.807) is 7.11 Å². The van der Waals surface area contributed by atoms with Gasteiger partial charge in [-0.25, -0.2) is 0 Å². The molecule has 0 aromatic heterocycles. The number of fused-ring (bicyclic) bond motifs is 1. The largest absolute Gasteiger partial charge is 0.496 e. The Morgan fingerprint density at radius 3 is 2.47 bits per heavy atom. The van der Waals surface area contributed by atoms with Gasteiger partial charge in [-0.2, -0.15) is 5.26 Å². The highest BCUT2D eigenvalue weighted by Crippen LogP contribution is 2.34. The van der Waals surface area contributed by atoms with Crippen molar-refractivity contribution in [3.63, 3.8) is 0 Å². The molecule has 4 rings (SSSR count). The van der Waals surface area contributed by atoms with Crippen LogP contribution in [0, 0.1) is 11.3 Å². The quantitative estimate of drug-likeness (QED) is 0.577. The lowest BCUT2D eigenvalue weighted by molar-refractivity contribution is 0.302. The number of methoxy groups -OCH3 is 1. The van der Waals surface area contributed by atoms with Gasteiger partial charge in [-0.05, 0) is 47.9 Å². The van der Waals surface area contributed by atoms with Gasteiger partial charge < -0.3 is 9.47 Å². The van der Waals surface area contributed by atoms with E-state index >= 15 is 0 Å². The molecule has 1 heterocycles. The summed E-state index contributed by atoms with van der Waals surface area (Å²) in [4.78, 5) is 4.73. The maximum atomic E-state index is 8.96. The first kappa shape index (κ1) is 19.5. The van der Waals surface area contributed by atoms with Crippen LogP contribution in [-0.2, 0) is 13.0 Å². The second kappa shape index (κ2) is 9.11. The molecule has 1 aliphatic rings. The van der Waals surface area contributed by atoms with Crippen LogP contribution >= 0.6 is 0 Å². The standard InChI is InChI=1S/C26H22N2O2/c1-29-25-14-13-24(30-18-21-5-3-2-4-6-21)22-15-16-28-23(26(22)25)12-11-19-7-9-20(17-27)10-8-19/h2-14H,15-16,18H2,1H3/b12-11+. The summed E-state index contributed by atoms with van der Waals surface area (Å²) >= 11 is 0. The first-order valence-electron chi connectivity index (χ1n) is 9.88. The van der Waals surface area contributed by atoms with Crippen molar-refractivity contribution in [2.45, 2.75) is 13.0 Å². The number of rotatable bonds is 6. The summed E-state index contributed by atoms with van der Waals surface area (Å²) in [6, 6.07) is 23.7. The Hall–Kier alpha value is -3.84. The maximum absolute atomic E-state index is 8.96. The Morgan fingerprint density at radius 2 is 1.73 bits per heavy atom. The van der Waals surface area contributed by atoms with Crippen LogP contribution in [0.4, 0.5) is 0 Å². The number of hydrogen-bond donors (Lipinski definition) is 0. The highest BCUT2D eigenvalue weighted by atomic mass is 16.5. The van der Waals surface area contributed by atoms with Gasteiger partial charge in [-0.3, -0.25) is 4.99 Å². The van der Waals surface area contributed by atoms with Crippen molar-refractivity contribution in [1.82, 2.24) is 0 Å². The predicted octanol–water partition coefficient (Wildman–Crippen LogP) is 5.20. The van der Waals surface area contributed by atoms with Crippen LogP contribution in [0.3, 0.4) is 0 Å². The van der Waals surface area contributed by atoms with E-state index < -0.39 is 0 Å². The monoisotopic (exact) mass is 394 g/mol. The average Bonchev–Trinajstić information content (AvgIpc) is 2.82.